The number of nitrogens with zero attached hydrogens (tertiary/aromatic N) is 6. The van der Waals surface area contributed by atoms with Crippen LogP contribution in [0.1, 0.15) is 12.5 Å². The number of aromatic nitrogens is 1. The van der Waals surface area contributed by atoms with Crippen molar-refractivity contribution >= 4 is 46.5 Å². The predicted molar refractivity (Wildman–Crippen MR) is 186 cm³/mol. The van der Waals surface area contributed by atoms with Crippen LogP contribution in [0.2, 0.25) is 0 Å². The highest BCUT2D eigenvalue weighted by atomic mass is 32.1. The zero-order valence-corrected chi connectivity index (χ0v) is 27.5. The average molecular weight is 643 g/mol. The van der Waals surface area contributed by atoms with E-state index >= 15 is 0 Å². The third-order valence-electron chi connectivity index (χ3n) is 8.02. The molecule has 0 saturated carbocycles. The normalized spacial score (nSPS) is 15.1. The molecule has 10 nitrogen and oxygen atoms in total. The summed E-state index contributed by atoms with van der Waals surface area (Å²) in [5.74, 6) is 1.72. The second-order valence-electron chi connectivity index (χ2n) is 10.5. The van der Waals surface area contributed by atoms with Gasteiger partial charge in [-0.2, -0.15) is 10.5 Å². The summed E-state index contributed by atoms with van der Waals surface area (Å²) in [6.07, 6.45) is 1.80. The summed E-state index contributed by atoms with van der Waals surface area (Å²) >= 11 is 10.1. The molecule has 2 fully saturated rings. The van der Waals surface area contributed by atoms with Gasteiger partial charge >= 0.3 is 0 Å². The summed E-state index contributed by atoms with van der Waals surface area (Å²) < 4.78 is 10.9. The van der Waals surface area contributed by atoms with Gasteiger partial charge in [0.15, 0.2) is 0 Å². The first kappa shape index (κ1) is 33.1. The number of pyridine rings is 1. The highest BCUT2D eigenvalue weighted by Gasteiger charge is 2.21. The van der Waals surface area contributed by atoms with E-state index in [-0.39, 0.29) is 4.99 Å². The van der Waals surface area contributed by atoms with Gasteiger partial charge in [0.2, 0.25) is 0 Å². The first-order valence-corrected chi connectivity index (χ1v) is 15.4. The third-order valence-corrected chi connectivity index (χ3v) is 8.55. The maximum atomic E-state index is 9.32. The maximum absolute atomic E-state index is 9.32. The van der Waals surface area contributed by atoms with Crippen LogP contribution in [0.4, 0.5) is 17.1 Å². The number of ether oxygens (including phenoxy) is 2. The Morgan fingerprint density at radius 3 is 1.67 bits per heavy atom. The Kier molecular flexibility index (Phi) is 11.6. The number of nitriles is 2. The molecule has 0 bridgehead atoms. The largest absolute Gasteiger partial charge is 0.497 e. The van der Waals surface area contributed by atoms with Gasteiger partial charge in [-0.15, -0.1) is 0 Å². The number of nitrogens with two attached hydrogens (primary N) is 1. The third kappa shape index (κ3) is 8.24. The molecular weight excluding hydrogens is 605 g/mol. The summed E-state index contributed by atoms with van der Waals surface area (Å²) in [5.41, 5.74) is 10.7. The molecule has 12 heteroatoms. The Balaban J connectivity index is 0.000000205. The van der Waals surface area contributed by atoms with Crippen molar-refractivity contribution in [3.8, 4) is 23.6 Å². The summed E-state index contributed by atoms with van der Waals surface area (Å²) in [6, 6.07) is 22.4. The minimum atomic E-state index is 0.164. The lowest BCUT2D eigenvalue weighted by atomic mass is 10.1. The zero-order valence-electron chi connectivity index (χ0n) is 25.8. The number of thiocarbonyl (C=S) groups is 1. The van der Waals surface area contributed by atoms with Crippen molar-refractivity contribution in [1.29, 1.82) is 10.5 Å². The average Bonchev–Trinajstić information content (AvgIpc) is 3.09. The molecule has 3 aromatic rings. The number of hydrogen-bond donors (Lipinski definition) is 2. The predicted octanol–water partition coefficient (Wildman–Crippen LogP) is 4.85. The number of aromatic amines is 1. The Labute approximate surface area is 275 Å². The molecule has 0 atom stereocenters. The number of piperazine rings is 2. The molecule has 0 radical (unpaired) electrons. The Bertz CT molecular complexity index is 1630. The molecule has 3 heterocycles. The minimum absolute atomic E-state index is 0.164. The maximum Gasteiger partial charge on any atom is 0.123 e. The number of rotatable bonds is 7. The second kappa shape index (κ2) is 15.8. The lowest BCUT2D eigenvalue weighted by molar-refractivity contribution is 0.321. The van der Waals surface area contributed by atoms with E-state index in [1.54, 1.807) is 20.4 Å². The van der Waals surface area contributed by atoms with E-state index in [0.29, 0.717) is 15.8 Å². The topological polar surface area (TPSA) is 121 Å². The molecule has 0 amide bonds. The van der Waals surface area contributed by atoms with E-state index in [1.807, 2.05) is 37.3 Å². The molecule has 2 saturated heterocycles. The molecule has 2 aliphatic heterocycles. The van der Waals surface area contributed by atoms with Crippen molar-refractivity contribution in [3.63, 3.8) is 0 Å². The number of allylic oxidation sites excluding steroid dienone is 1. The van der Waals surface area contributed by atoms with Gasteiger partial charge in [-0.1, -0.05) is 24.4 Å². The van der Waals surface area contributed by atoms with Gasteiger partial charge in [-0.25, -0.2) is 0 Å². The van der Waals surface area contributed by atoms with E-state index in [4.69, 9.17) is 44.9 Å². The molecule has 2 aliphatic rings. The fourth-order valence-electron chi connectivity index (χ4n) is 5.40. The molecule has 5 rings (SSSR count). The van der Waals surface area contributed by atoms with E-state index in [1.165, 1.54) is 11.4 Å². The van der Waals surface area contributed by atoms with Crippen molar-refractivity contribution in [2.24, 2.45) is 5.73 Å². The molecular formula is C33H38N8O2S2. The van der Waals surface area contributed by atoms with Crippen molar-refractivity contribution in [3.05, 3.63) is 82.3 Å². The monoisotopic (exact) mass is 642 g/mol. The van der Waals surface area contributed by atoms with Crippen LogP contribution >= 0.6 is 24.4 Å². The van der Waals surface area contributed by atoms with Crippen molar-refractivity contribution in [1.82, 2.24) is 9.88 Å². The van der Waals surface area contributed by atoms with Crippen LogP contribution < -0.4 is 29.9 Å². The molecule has 2 aromatic carbocycles. The molecule has 0 unspecified atom stereocenters. The molecule has 0 aliphatic carbocycles. The van der Waals surface area contributed by atoms with E-state index in [0.717, 1.165) is 75.2 Å². The Morgan fingerprint density at radius 2 is 1.24 bits per heavy atom. The number of benzene rings is 2. The van der Waals surface area contributed by atoms with Crippen LogP contribution in [0.25, 0.3) is 0 Å². The SMILES string of the molecule is COc1ccc(N2CCN(/C(C)=C(/C#N)C(N)=S)CC2)cc1.COc1ccc(N2CCN(c3cc[nH]c(=S)c3C#N)CC2)cc1. The zero-order chi connectivity index (χ0) is 32.3. The van der Waals surface area contributed by atoms with Gasteiger partial charge in [-0.05, 0) is 61.5 Å². The number of hydrogen-bond acceptors (Lipinski definition) is 10. The van der Waals surface area contributed by atoms with Gasteiger partial charge in [0.05, 0.1) is 19.9 Å². The number of nitrogens with one attached hydrogen (secondary N) is 1. The van der Waals surface area contributed by atoms with Gasteiger partial charge in [0.1, 0.15) is 44.4 Å². The van der Waals surface area contributed by atoms with Gasteiger partial charge in [0, 0.05) is 75.6 Å². The first-order valence-electron chi connectivity index (χ1n) is 14.6. The van der Waals surface area contributed by atoms with E-state index in [9.17, 15) is 5.26 Å². The van der Waals surface area contributed by atoms with Gasteiger partial charge < -0.3 is 39.8 Å². The standard InChI is InChI=1S/C17H18N4OS.C16H20N4OS/c1-22-14-4-2-13(3-5-14)20-8-10-21(11-9-20)16-6-7-19-17(23)15(16)12-18;1-12(15(11-17)16(18)22)19-7-9-20(10-8-19)13-3-5-14(21-2)6-4-13/h2-7H,8-11H2,1H3,(H,19,23);3-6H,7-10H2,1-2H3,(H2,18,22)/b;15-12-. The molecule has 0 spiro atoms. The van der Waals surface area contributed by atoms with Crippen molar-refractivity contribution in [2.75, 3.05) is 81.3 Å². The lowest BCUT2D eigenvalue weighted by Gasteiger charge is -2.38. The highest BCUT2D eigenvalue weighted by molar-refractivity contribution is 7.80. The quantitative estimate of drug-likeness (QED) is 0.209. The van der Waals surface area contributed by atoms with Crippen LogP contribution in [-0.4, -0.2) is 81.5 Å². The molecule has 45 heavy (non-hydrogen) atoms. The summed E-state index contributed by atoms with van der Waals surface area (Å²) in [5, 5.41) is 18.5. The van der Waals surface area contributed by atoms with Crippen LogP contribution in [0, 0.1) is 27.3 Å². The van der Waals surface area contributed by atoms with Gasteiger partial charge in [-0.3, -0.25) is 0 Å². The number of H-pyrrole nitrogens is 1. The summed E-state index contributed by atoms with van der Waals surface area (Å²) in [6.45, 7) is 8.89. The minimum Gasteiger partial charge on any atom is -0.497 e. The van der Waals surface area contributed by atoms with Crippen LogP contribution in [0.15, 0.2) is 72.1 Å². The van der Waals surface area contributed by atoms with Crippen LogP contribution in [0.3, 0.4) is 0 Å². The van der Waals surface area contributed by atoms with E-state index < -0.39 is 0 Å². The Morgan fingerprint density at radius 1 is 0.778 bits per heavy atom. The molecule has 1 aromatic heterocycles. The van der Waals surface area contributed by atoms with Crippen LogP contribution in [0.5, 0.6) is 11.5 Å². The molecule has 3 N–H and O–H groups in total. The second-order valence-corrected chi connectivity index (χ2v) is 11.3. The highest BCUT2D eigenvalue weighted by Crippen LogP contribution is 2.25. The Hall–Kier alpha value is -4.78. The van der Waals surface area contributed by atoms with Crippen LogP contribution in [-0.2, 0) is 0 Å². The molecule has 234 valence electrons. The number of anilines is 3. The summed E-state index contributed by atoms with van der Waals surface area (Å²) in [4.78, 5) is 12.1. The van der Waals surface area contributed by atoms with Crippen molar-refractivity contribution in [2.45, 2.75) is 6.92 Å². The fraction of sp³-hybridized carbons (Fsp3) is 0.333. The fourth-order valence-corrected chi connectivity index (χ4v) is 5.82. The van der Waals surface area contributed by atoms with E-state index in [2.05, 4.69) is 61.0 Å². The van der Waals surface area contributed by atoms with Gasteiger partial charge in [0.25, 0.3) is 0 Å². The summed E-state index contributed by atoms with van der Waals surface area (Å²) in [7, 11) is 3.34. The first-order chi connectivity index (χ1) is 21.8. The smallest absolute Gasteiger partial charge is 0.123 e. The number of methoxy groups -OCH3 is 2. The lowest BCUT2D eigenvalue weighted by Crippen LogP contribution is -2.46. The van der Waals surface area contributed by atoms with Crippen molar-refractivity contribution < 1.29 is 9.47 Å².